The number of hydrogen-bond acceptors (Lipinski definition) is 4. The lowest BCUT2D eigenvalue weighted by atomic mass is 10.1. The molecule has 0 unspecified atom stereocenters. The molecule has 0 saturated heterocycles. The highest BCUT2D eigenvalue weighted by atomic mass is 16.5. The summed E-state index contributed by atoms with van der Waals surface area (Å²) in [6.45, 7) is 2.54. The van der Waals surface area contributed by atoms with Crippen LogP contribution in [0.1, 0.15) is 16.7 Å². The molecule has 0 aromatic heterocycles. The summed E-state index contributed by atoms with van der Waals surface area (Å²) in [6, 6.07) is 13.7. The number of hydrogen-bond donors (Lipinski definition) is 1. The lowest BCUT2D eigenvalue weighted by Gasteiger charge is -2.13. The zero-order chi connectivity index (χ0) is 15.2. The van der Waals surface area contributed by atoms with Crippen LogP contribution in [-0.4, -0.2) is 14.2 Å². The molecule has 4 nitrogen and oxygen atoms in total. The van der Waals surface area contributed by atoms with Crippen LogP contribution in [0.2, 0.25) is 0 Å². The fourth-order valence-electron chi connectivity index (χ4n) is 2.09. The Morgan fingerprint density at radius 1 is 1.10 bits per heavy atom. The topological polar surface area (TPSA) is 54.3 Å². The SMILES string of the molecule is COc1ccc(CNc2ccc(C)cc2C#N)c(OC)c1. The van der Waals surface area contributed by atoms with Crippen LogP contribution in [0.5, 0.6) is 11.5 Å². The largest absolute Gasteiger partial charge is 0.497 e. The van der Waals surface area contributed by atoms with Gasteiger partial charge in [0.15, 0.2) is 0 Å². The minimum atomic E-state index is 0.574. The number of ether oxygens (including phenoxy) is 2. The smallest absolute Gasteiger partial charge is 0.127 e. The van der Waals surface area contributed by atoms with Gasteiger partial charge in [0.05, 0.1) is 25.5 Å². The fraction of sp³-hybridized carbons (Fsp3) is 0.235. The van der Waals surface area contributed by atoms with Gasteiger partial charge in [-0.05, 0) is 36.8 Å². The number of nitriles is 1. The summed E-state index contributed by atoms with van der Waals surface area (Å²) >= 11 is 0. The summed E-state index contributed by atoms with van der Waals surface area (Å²) in [5, 5.41) is 12.5. The van der Waals surface area contributed by atoms with E-state index in [1.165, 1.54) is 0 Å². The average Bonchev–Trinajstić information content (AvgIpc) is 2.53. The van der Waals surface area contributed by atoms with Gasteiger partial charge in [0, 0.05) is 18.2 Å². The van der Waals surface area contributed by atoms with E-state index < -0.39 is 0 Å². The van der Waals surface area contributed by atoms with E-state index in [2.05, 4.69) is 11.4 Å². The predicted octanol–water partition coefficient (Wildman–Crippen LogP) is 3.50. The quantitative estimate of drug-likeness (QED) is 0.912. The van der Waals surface area contributed by atoms with Gasteiger partial charge in [0.25, 0.3) is 0 Å². The fourth-order valence-corrected chi connectivity index (χ4v) is 2.09. The highest BCUT2D eigenvalue weighted by molar-refractivity contribution is 5.59. The number of nitrogens with zero attached hydrogens (tertiary/aromatic N) is 1. The van der Waals surface area contributed by atoms with E-state index in [0.29, 0.717) is 12.1 Å². The zero-order valence-electron chi connectivity index (χ0n) is 12.4. The van der Waals surface area contributed by atoms with Gasteiger partial charge < -0.3 is 14.8 Å². The van der Waals surface area contributed by atoms with Crippen LogP contribution in [0, 0.1) is 18.3 Å². The van der Waals surface area contributed by atoms with E-state index in [0.717, 1.165) is 28.3 Å². The third-order valence-electron chi connectivity index (χ3n) is 3.26. The molecule has 0 saturated carbocycles. The summed E-state index contributed by atoms with van der Waals surface area (Å²) < 4.78 is 10.5. The molecule has 2 aromatic rings. The molecular weight excluding hydrogens is 264 g/mol. The second kappa shape index (κ2) is 6.67. The monoisotopic (exact) mass is 282 g/mol. The van der Waals surface area contributed by atoms with Gasteiger partial charge in [-0.3, -0.25) is 0 Å². The maximum absolute atomic E-state index is 9.18. The van der Waals surface area contributed by atoms with Gasteiger partial charge in [-0.1, -0.05) is 6.07 Å². The number of rotatable bonds is 5. The Kier molecular flexibility index (Phi) is 4.68. The third-order valence-corrected chi connectivity index (χ3v) is 3.26. The van der Waals surface area contributed by atoms with Gasteiger partial charge >= 0.3 is 0 Å². The van der Waals surface area contributed by atoms with Crippen molar-refractivity contribution >= 4 is 5.69 Å². The number of methoxy groups -OCH3 is 2. The Balaban J connectivity index is 2.19. The van der Waals surface area contributed by atoms with E-state index in [9.17, 15) is 5.26 Å². The van der Waals surface area contributed by atoms with Crippen molar-refractivity contribution in [3.05, 3.63) is 53.1 Å². The van der Waals surface area contributed by atoms with Crippen LogP contribution in [-0.2, 0) is 6.54 Å². The lowest BCUT2D eigenvalue weighted by molar-refractivity contribution is 0.391. The normalized spacial score (nSPS) is 9.81. The van der Waals surface area contributed by atoms with Gasteiger partial charge in [0.2, 0.25) is 0 Å². The minimum absolute atomic E-state index is 0.574. The second-order valence-electron chi connectivity index (χ2n) is 4.69. The molecule has 0 radical (unpaired) electrons. The molecular formula is C17H18N2O2. The zero-order valence-corrected chi connectivity index (χ0v) is 12.4. The first-order chi connectivity index (χ1) is 10.2. The van der Waals surface area contributed by atoms with E-state index in [1.54, 1.807) is 14.2 Å². The van der Waals surface area contributed by atoms with Crippen molar-refractivity contribution in [1.82, 2.24) is 0 Å². The molecule has 0 heterocycles. The molecule has 0 atom stereocenters. The summed E-state index contributed by atoms with van der Waals surface area (Å²) in [5.41, 5.74) is 3.53. The van der Waals surface area contributed by atoms with E-state index in [4.69, 9.17) is 9.47 Å². The lowest BCUT2D eigenvalue weighted by Crippen LogP contribution is -2.03. The van der Waals surface area contributed by atoms with Crippen LogP contribution in [0.25, 0.3) is 0 Å². The molecule has 0 fully saturated rings. The third kappa shape index (κ3) is 3.46. The van der Waals surface area contributed by atoms with Crippen molar-refractivity contribution in [2.45, 2.75) is 13.5 Å². The molecule has 1 N–H and O–H groups in total. The molecule has 0 spiro atoms. The van der Waals surface area contributed by atoms with Crippen molar-refractivity contribution in [2.24, 2.45) is 0 Å². The maximum atomic E-state index is 9.18. The van der Waals surface area contributed by atoms with Gasteiger partial charge in [-0.15, -0.1) is 0 Å². The first kappa shape index (κ1) is 14.7. The predicted molar refractivity (Wildman–Crippen MR) is 82.8 cm³/mol. The van der Waals surface area contributed by atoms with Gasteiger partial charge in [0.1, 0.15) is 17.6 Å². The number of nitrogens with one attached hydrogen (secondary N) is 1. The summed E-state index contributed by atoms with van der Waals surface area (Å²) in [5.74, 6) is 1.51. The van der Waals surface area contributed by atoms with Crippen molar-refractivity contribution in [3.8, 4) is 17.6 Å². The Morgan fingerprint density at radius 3 is 2.57 bits per heavy atom. The van der Waals surface area contributed by atoms with Gasteiger partial charge in [-0.25, -0.2) is 0 Å². The van der Waals surface area contributed by atoms with Crippen molar-refractivity contribution < 1.29 is 9.47 Å². The Labute approximate surface area is 124 Å². The van der Waals surface area contributed by atoms with Gasteiger partial charge in [-0.2, -0.15) is 5.26 Å². The summed E-state index contributed by atoms with van der Waals surface area (Å²) in [6.07, 6.45) is 0. The minimum Gasteiger partial charge on any atom is -0.497 e. The van der Waals surface area contributed by atoms with Crippen molar-refractivity contribution in [3.63, 3.8) is 0 Å². The number of anilines is 1. The Bertz CT molecular complexity index is 675. The maximum Gasteiger partial charge on any atom is 0.127 e. The Hall–Kier alpha value is -2.67. The summed E-state index contributed by atoms with van der Waals surface area (Å²) in [7, 11) is 3.25. The van der Waals surface area contributed by atoms with Crippen LogP contribution in [0.3, 0.4) is 0 Å². The van der Waals surface area contributed by atoms with Crippen LogP contribution in [0.15, 0.2) is 36.4 Å². The van der Waals surface area contributed by atoms with Crippen LogP contribution < -0.4 is 14.8 Å². The molecule has 0 aliphatic heterocycles. The average molecular weight is 282 g/mol. The van der Waals surface area contributed by atoms with Crippen LogP contribution >= 0.6 is 0 Å². The van der Waals surface area contributed by atoms with Crippen molar-refractivity contribution in [2.75, 3.05) is 19.5 Å². The van der Waals surface area contributed by atoms with Crippen LogP contribution in [0.4, 0.5) is 5.69 Å². The van der Waals surface area contributed by atoms with E-state index in [1.807, 2.05) is 43.3 Å². The second-order valence-corrected chi connectivity index (χ2v) is 4.69. The molecule has 2 aromatic carbocycles. The number of aryl methyl sites for hydroxylation is 1. The number of benzene rings is 2. The standard InChI is InChI=1S/C17H18N2O2/c1-12-4-7-16(14(8-12)10-18)19-11-13-5-6-15(20-2)9-17(13)21-3/h4-9,19H,11H2,1-3H3. The molecule has 0 aliphatic rings. The van der Waals surface area contributed by atoms with Crippen molar-refractivity contribution in [1.29, 1.82) is 5.26 Å². The summed E-state index contributed by atoms with van der Waals surface area (Å²) in [4.78, 5) is 0. The Morgan fingerprint density at radius 2 is 1.90 bits per heavy atom. The highest BCUT2D eigenvalue weighted by Crippen LogP contribution is 2.26. The molecule has 0 aliphatic carbocycles. The first-order valence-corrected chi connectivity index (χ1v) is 6.63. The van der Waals surface area contributed by atoms with E-state index in [-0.39, 0.29) is 0 Å². The molecule has 108 valence electrons. The highest BCUT2D eigenvalue weighted by Gasteiger charge is 2.07. The molecule has 4 heteroatoms. The van der Waals surface area contributed by atoms with E-state index >= 15 is 0 Å². The first-order valence-electron chi connectivity index (χ1n) is 6.63. The molecule has 2 rings (SSSR count). The molecule has 21 heavy (non-hydrogen) atoms. The molecule has 0 amide bonds. The molecule has 0 bridgehead atoms.